The number of nitrogens with one attached hydrogen (secondary N) is 1. The summed E-state index contributed by atoms with van der Waals surface area (Å²) in [5, 5.41) is 1.08. The van der Waals surface area contributed by atoms with Crippen LogP contribution in [0.25, 0.3) is 11.3 Å². The minimum absolute atomic E-state index is 0.0917. The highest BCUT2D eigenvalue weighted by Gasteiger charge is 2.33. The molecule has 0 spiro atoms. The Hall–Kier alpha value is -3.31. The topological polar surface area (TPSA) is 102 Å². The van der Waals surface area contributed by atoms with Crippen LogP contribution in [0.2, 0.25) is 0 Å². The fraction of sp³-hybridized carbons (Fsp3) is 0.250. The summed E-state index contributed by atoms with van der Waals surface area (Å²) in [7, 11) is -3.71. The van der Waals surface area contributed by atoms with Crippen molar-refractivity contribution in [1.29, 1.82) is 0 Å². The Kier molecular flexibility index (Phi) is 7.61. The van der Waals surface area contributed by atoms with Gasteiger partial charge in [-0.05, 0) is 36.2 Å². The van der Waals surface area contributed by atoms with Crippen molar-refractivity contribution < 1.29 is 30.8 Å². The highest BCUT2D eigenvalue weighted by atomic mass is 32.2. The number of aromatic nitrogens is 1. The largest absolute Gasteiger partial charge is 0.433 e. The number of sulfone groups is 1. The van der Waals surface area contributed by atoms with Crippen LogP contribution in [-0.4, -0.2) is 25.6 Å². The van der Waals surface area contributed by atoms with Gasteiger partial charge in [-0.25, -0.2) is 17.8 Å². The number of aryl methyl sites for hydroxylation is 1. The van der Waals surface area contributed by atoms with Crippen LogP contribution in [0, 0.1) is 12.7 Å². The zero-order valence-corrected chi connectivity index (χ0v) is 19.7. The number of nitrogens with two attached hydrogens (primary N) is 1. The second kappa shape index (κ2) is 10.1. The number of hydrogen-bond acceptors (Lipinski definition) is 5. The molecule has 6 nitrogen and oxygen atoms in total. The number of alkyl halides is 3. The highest BCUT2D eigenvalue weighted by molar-refractivity contribution is 7.90. The van der Waals surface area contributed by atoms with Gasteiger partial charge in [-0.2, -0.15) is 13.2 Å². The van der Waals surface area contributed by atoms with Gasteiger partial charge in [0.25, 0.3) is 0 Å². The molecule has 1 heterocycles. The number of pyridine rings is 1. The average Bonchev–Trinajstić information content (AvgIpc) is 2.76. The van der Waals surface area contributed by atoms with Crippen molar-refractivity contribution in [3.63, 3.8) is 0 Å². The molecule has 0 aliphatic carbocycles. The van der Waals surface area contributed by atoms with E-state index in [1.165, 1.54) is 18.2 Å². The van der Waals surface area contributed by atoms with Crippen molar-refractivity contribution in [2.45, 2.75) is 31.4 Å². The maximum atomic E-state index is 14.4. The van der Waals surface area contributed by atoms with Gasteiger partial charge in [-0.3, -0.25) is 4.79 Å². The first-order valence-corrected chi connectivity index (χ1v) is 12.3. The van der Waals surface area contributed by atoms with E-state index >= 15 is 0 Å². The minimum Gasteiger partial charge on any atom is -0.352 e. The number of carbonyl (C=O) groups excluding carboxylic acids is 1. The summed E-state index contributed by atoms with van der Waals surface area (Å²) >= 11 is 0. The Morgan fingerprint density at radius 3 is 2.43 bits per heavy atom. The number of hydrogen-bond donors (Lipinski definition) is 2. The van der Waals surface area contributed by atoms with E-state index in [9.17, 15) is 30.8 Å². The van der Waals surface area contributed by atoms with Gasteiger partial charge in [-0.15, -0.1) is 0 Å². The van der Waals surface area contributed by atoms with E-state index < -0.39 is 38.8 Å². The number of rotatable bonds is 7. The van der Waals surface area contributed by atoms with Gasteiger partial charge in [0, 0.05) is 23.9 Å². The molecule has 1 amide bonds. The van der Waals surface area contributed by atoms with Crippen molar-refractivity contribution in [1.82, 2.24) is 10.3 Å². The van der Waals surface area contributed by atoms with Gasteiger partial charge in [0.15, 0.2) is 9.84 Å². The van der Waals surface area contributed by atoms with Crippen LogP contribution in [-0.2, 0) is 33.8 Å². The molecule has 35 heavy (non-hydrogen) atoms. The van der Waals surface area contributed by atoms with E-state index in [1.54, 1.807) is 31.2 Å². The van der Waals surface area contributed by atoms with E-state index in [2.05, 4.69) is 10.3 Å². The molecule has 1 unspecified atom stereocenters. The molecule has 11 heteroatoms. The van der Waals surface area contributed by atoms with Crippen molar-refractivity contribution in [3.05, 3.63) is 88.4 Å². The first-order valence-electron chi connectivity index (χ1n) is 10.4. The Bertz CT molecular complexity index is 1360. The molecule has 3 rings (SSSR count). The lowest BCUT2D eigenvalue weighted by molar-refractivity contribution is -0.141. The Morgan fingerprint density at radius 1 is 1.11 bits per heavy atom. The standard InChI is InChI=1S/C24H23F4N3O3S/c1-14-4-3-5-16(10-14)22-17(7-9-20(31-22)24(26,27)28)13-30-21(32)12-15-6-8-18(19(25)11-15)23(29)35(2,33)34/h3-11,23H,12-13,29H2,1-2H3,(H,30,32). The third kappa shape index (κ3) is 6.64. The van der Waals surface area contributed by atoms with Crippen LogP contribution in [0.1, 0.15) is 33.3 Å². The molecular formula is C24H23F4N3O3S. The Labute approximate surface area is 200 Å². The third-order valence-corrected chi connectivity index (χ3v) is 6.41. The van der Waals surface area contributed by atoms with Gasteiger partial charge in [0.2, 0.25) is 5.91 Å². The molecule has 3 aromatic rings. The monoisotopic (exact) mass is 509 g/mol. The normalized spacial score (nSPS) is 12.9. The second-order valence-corrected chi connectivity index (χ2v) is 10.3. The number of benzene rings is 2. The van der Waals surface area contributed by atoms with Gasteiger partial charge >= 0.3 is 6.18 Å². The summed E-state index contributed by atoms with van der Waals surface area (Å²) in [5.41, 5.74) is 6.34. The van der Waals surface area contributed by atoms with Crippen LogP contribution in [0.5, 0.6) is 0 Å². The summed E-state index contributed by atoms with van der Waals surface area (Å²) in [4.78, 5) is 16.2. The lowest BCUT2D eigenvalue weighted by Gasteiger charge is -2.14. The molecule has 1 atom stereocenters. The summed E-state index contributed by atoms with van der Waals surface area (Å²) in [5.74, 6) is -1.37. The number of carbonyl (C=O) groups is 1. The maximum absolute atomic E-state index is 14.4. The number of nitrogens with zero attached hydrogens (tertiary/aromatic N) is 1. The van der Waals surface area contributed by atoms with Crippen LogP contribution in [0.4, 0.5) is 17.6 Å². The van der Waals surface area contributed by atoms with Gasteiger partial charge in [0.1, 0.15) is 16.9 Å². The third-order valence-electron chi connectivity index (χ3n) is 5.23. The molecule has 0 aliphatic heterocycles. The second-order valence-electron chi connectivity index (χ2n) is 8.13. The van der Waals surface area contributed by atoms with Crippen LogP contribution in [0.3, 0.4) is 0 Å². The summed E-state index contributed by atoms with van der Waals surface area (Å²) in [6.07, 6.45) is -3.98. The van der Waals surface area contributed by atoms with E-state index in [1.807, 2.05) is 0 Å². The molecule has 2 aromatic carbocycles. The minimum atomic E-state index is -4.63. The van der Waals surface area contributed by atoms with E-state index in [-0.39, 0.29) is 29.8 Å². The average molecular weight is 510 g/mol. The van der Waals surface area contributed by atoms with Gasteiger partial charge in [-0.1, -0.05) is 42.0 Å². The van der Waals surface area contributed by atoms with Crippen molar-refractivity contribution in [2.75, 3.05) is 6.26 Å². The Morgan fingerprint density at radius 2 is 1.83 bits per heavy atom. The summed E-state index contributed by atoms with van der Waals surface area (Å²) in [6, 6.07) is 12.5. The molecule has 0 radical (unpaired) electrons. The van der Waals surface area contributed by atoms with E-state index in [4.69, 9.17) is 5.73 Å². The molecule has 0 saturated carbocycles. The molecule has 0 bridgehead atoms. The number of halogens is 4. The summed E-state index contributed by atoms with van der Waals surface area (Å²) < 4.78 is 77.2. The van der Waals surface area contributed by atoms with Gasteiger partial charge < -0.3 is 11.1 Å². The zero-order chi connectivity index (χ0) is 26.0. The predicted molar refractivity (Wildman–Crippen MR) is 123 cm³/mol. The van der Waals surface area contributed by atoms with Crippen molar-refractivity contribution >= 4 is 15.7 Å². The van der Waals surface area contributed by atoms with E-state index in [0.29, 0.717) is 11.1 Å². The number of amides is 1. The Balaban J connectivity index is 1.78. The zero-order valence-electron chi connectivity index (χ0n) is 18.9. The molecule has 0 saturated heterocycles. The first kappa shape index (κ1) is 26.3. The van der Waals surface area contributed by atoms with Crippen molar-refractivity contribution in [3.8, 4) is 11.3 Å². The molecular weight excluding hydrogens is 486 g/mol. The van der Waals surface area contributed by atoms with Crippen LogP contribution < -0.4 is 11.1 Å². The molecule has 0 aliphatic rings. The van der Waals surface area contributed by atoms with Crippen LogP contribution >= 0.6 is 0 Å². The molecule has 3 N–H and O–H groups in total. The predicted octanol–water partition coefficient (Wildman–Crippen LogP) is 4.08. The van der Waals surface area contributed by atoms with Gasteiger partial charge in [0.05, 0.1) is 12.1 Å². The quantitative estimate of drug-likeness (QED) is 0.468. The molecule has 1 aromatic heterocycles. The first-order chi connectivity index (χ1) is 16.3. The summed E-state index contributed by atoms with van der Waals surface area (Å²) in [6.45, 7) is 1.69. The molecule has 0 fully saturated rings. The SMILES string of the molecule is Cc1cccc(-c2nc(C(F)(F)F)ccc2CNC(=O)Cc2ccc(C(N)S(C)(=O)=O)c(F)c2)c1. The smallest absolute Gasteiger partial charge is 0.352 e. The maximum Gasteiger partial charge on any atom is 0.433 e. The van der Waals surface area contributed by atoms with E-state index in [0.717, 1.165) is 24.0 Å². The van der Waals surface area contributed by atoms with Crippen molar-refractivity contribution in [2.24, 2.45) is 5.73 Å². The fourth-order valence-electron chi connectivity index (χ4n) is 3.41. The van der Waals surface area contributed by atoms with Crippen LogP contribution in [0.15, 0.2) is 54.6 Å². The fourth-order valence-corrected chi connectivity index (χ4v) is 4.07. The molecule has 186 valence electrons. The lowest BCUT2D eigenvalue weighted by atomic mass is 10.0. The lowest BCUT2D eigenvalue weighted by Crippen LogP contribution is -2.25. The highest BCUT2D eigenvalue weighted by Crippen LogP contribution is 2.31.